The van der Waals surface area contributed by atoms with Crippen LogP contribution in [0, 0.1) is 0 Å². The summed E-state index contributed by atoms with van der Waals surface area (Å²) < 4.78 is 3.00. The van der Waals surface area contributed by atoms with Crippen LogP contribution in [0.2, 0.25) is 0 Å². The molecule has 2 aromatic carbocycles. The predicted octanol–water partition coefficient (Wildman–Crippen LogP) is 1.17. The molecule has 0 saturated heterocycles. The highest BCUT2D eigenvalue weighted by Crippen LogP contribution is 2.14. The van der Waals surface area contributed by atoms with Crippen molar-refractivity contribution in [3.05, 3.63) is 70.6 Å². The molecule has 1 unspecified atom stereocenters. The van der Waals surface area contributed by atoms with Gasteiger partial charge in [-0.3, -0.25) is 18.7 Å². The van der Waals surface area contributed by atoms with Gasteiger partial charge in [0.2, 0.25) is 11.8 Å². The minimum absolute atomic E-state index is 0.192. The Morgan fingerprint density at radius 3 is 2.15 bits per heavy atom. The third-order valence-corrected chi connectivity index (χ3v) is 4.27. The zero-order valence-corrected chi connectivity index (χ0v) is 14.4. The number of nitrogens with zero attached hydrogens (tertiary/aromatic N) is 2. The van der Waals surface area contributed by atoms with Gasteiger partial charge < -0.3 is 11.1 Å². The topological polar surface area (TPSA) is 99.1 Å². The van der Waals surface area contributed by atoms with Gasteiger partial charge in [0, 0.05) is 6.54 Å². The number of benzene rings is 2. The van der Waals surface area contributed by atoms with Gasteiger partial charge in [-0.25, -0.2) is 4.79 Å². The molecule has 0 aliphatic rings. The molecule has 0 aliphatic heterocycles. The first-order chi connectivity index (χ1) is 12.5. The van der Waals surface area contributed by atoms with Crippen LogP contribution < -0.4 is 16.7 Å². The number of hydrogen-bond donors (Lipinski definition) is 2. The average Bonchev–Trinajstić information content (AvgIpc) is 2.91. The maximum atomic E-state index is 12.6. The van der Waals surface area contributed by atoms with Crippen LogP contribution in [0.4, 0.5) is 0 Å². The Bertz CT molecular complexity index is 1000. The van der Waals surface area contributed by atoms with Gasteiger partial charge in [-0.15, -0.1) is 0 Å². The summed E-state index contributed by atoms with van der Waals surface area (Å²) in [7, 11) is 0. The van der Waals surface area contributed by atoms with Crippen LogP contribution in [0.3, 0.4) is 0 Å². The van der Waals surface area contributed by atoms with Crippen molar-refractivity contribution in [2.75, 3.05) is 0 Å². The molecule has 0 radical (unpaired) electrons. The van der Waals surface area contributed by atoms with Crippen molar-refractivity contribution in [2.24, 2.45) is 5.73 Å². The minimum atomic E-state index is -0.945. The quantitative estimate of drug-likeness (QED) is 0.696. The number of nitrogens with two attached hydrogens (primary N) is 1. The molecule has 134 valence electrons. The summed E-state index contributed by atoms with van der Waals surface area (Å²) >= 11 is 0. The molecule has 1 aromatic heterocycles. The van der Waals surface area contributed by atoms with E-state index in [2.05, 4.69) is 5.32 Å². The van der Waals surface area contributed by atoms with Crippen molar-refractivity contribution >= 4 is 22.8 Å². The molecular formula is C19H20N4O3. The van der Waals surface area contributed by atoms with Crippen molar-refractivity contribution in [2.45, 2.75) is 26.1 Å². The number of fused-ring (bicyclic) bond motifs is 1. The van der Waals surface area contributed by atoms with E-state index in [-0.39, 0.29) is 12.2 Å². The molecular weight excluding hydrogens is 332 g/mol. The number of aryl methyl sites for hydroxylation is 1. The Hall–Kier alpha value is -3.35. The van der Waals surface area contributed by atoms with E-state index in [0.717, 1.165) is 5.52 Å². The number of hydrogen-bond acceptors (Lipinski definition) is 3. The number of aromatic nitrogens is 2. The molecule has 2 amide bonds. The summed E-state index contributed by atoms with van der Waals surface area (Å²) in [6.07, 6.45) is 0. The van der Waals surface area contributed by atoms with Crippen molar-refractivity contribution in [3.63, 3.8) is 0 Å². The lowest BCUT2D eigenvalue weighted by molar-refractivity contribution is -0.127. The van der Waals surface area contributed by atoms with Crippen LogP contribution in [-0.2, 0) is 22.7 Å². The van der Waals surface area contributed by atoms with E-state index >= 15 is 0 Å². The van der Waals surface area contributed by atoms with Crippen molar-refractivity contribution in [3.8, 4) is 0 Å². The SMILES string of the molecule is CCn1c(=O)n(CC(=O)NC(C(N)=O)c2ccccc2)c2ccccc21. The molecule has 7 nitrogen and oxygen atoms in total. The molecule has 3 aromatic rings. The monoisotopic (exact) mass is 352 g/mol. The highest BCUT2D eigenvalue weighted by Gasteiger charge is 2.21. The zero-order valence-electron chi connectivity index (χ0n) is 14.4. The van der Waals surface area contributed by atoms with Crippen molar-refractivity contribution < 1.29 is 9.59 Å². The van der Waals surface area contributed by atoms with Crippen LogP contribution >= 0.6 is 0 Å². The van der Waals surface area contributed by atoms with Crippen LogP contribution in [-0.4, -0.2) is 20.9 Å². The third kappa shape index (κ3) is 3.23. The van der Waals surface area contributed by atoms with E-state index < -0.39 is 17.9 Å². The van der Waals surface area contributed by atoms with E-state index in [1.54, 1.807) is 34.9 Å². The molecule has 7 heteroatoms. The first kappa shape index (κ1) is 17.5. The standard InChI is InChI=1S/C19H20N4O3/c1-2-22-14-10-6-7-11-15(14)23(19(22)26)12-16(24)21-17(18(20)25)13-8-4-3-5-9-13/h3-11,17H,2,12H2,1H3,(H2,20,25)(H,21,24). The summed E-state index contributed by atoms with van der Waals surface area (Å²) in [6.45, 7) is 2.18. The molecule has 0 spiro atoms. The second-order valence-corrected chi connectivity index (χ2v) is 5.92. The highest BCUT2D eigenvalue weighted by atomic mass is 16.2. The fourth-order valence-corrected chi connectivity index (χ4v) is 3.05. The predicted molar refractivity (Wildman–Crippen MR) is 98.4 cm³/mol. The lowest BCUT2D eigenvalue weighted by Crippen LogP contribution is -2.40. The van der Waals surface area contributed by atoms with Gasteiger partial charge in [-0.2, -0.15) is 0 Å². The summed E-state index contributed by atoms with van der Waals surface area (Å²) in [6, 6.07) is 15.1. The second-order valence-electron chi connectivity index (χ2n) is 5.92. The number of nitrogens with one attached hydrogen (secondary N) is 1. The number of rotatable bonds is 6. The molecule has 3 N–H and O–H groups in total. The van der Waals surface area contributed by atoms with E-state index in [4.69, 9.17) is 5.73 Å². The molecule has 0 bridgehead atoms. The Labute approximate surface area is 150 Å². The summed E-state index contributed by atoms with van der Waals surface area (Å²) in [5, 5.41) is 2.62. The Kier molecular flexibility index (Phi) is 4.88. The largest absolute Gasteiger partial charge is 0.368 e. The molecule has 0 fully saturated rings. The normalized spacial score (nSPS) is 12.0. The summed E-state index contributed by atoms with van der Waals surface area (Å²) in [4.78, 5) is 36.9. The van der Waals surface area contributed by atoms with Crippen molar-refractivity contribution in [1.29, 1.82) is 0 Å². The van der Waals surface area contributed by atoms with Gasteiger partial charge in [0.1, 0.15) is 12.6 Å². The lowest BCUT2D eigenvalue weighted by atomic mass is 10.1. The van der Waals surface area contributed by atoms with Gasteiger partial charge in [0.25, 0.3) is 0 Å². The average molecular weight is 352 g/mol. The Balaban J connectivity index is 1.89. The molecule has 26 heavy (non-hydrogen) atoms. The number of para-hydroxylation sites is 2. The Morgan fingerprint density at radius 1 is 1.00 bits per heavy atom. The number of imidazole rings is 1. The van der Waals surface area contributed by atoms with Gasteiger partial charge in [-0.05, 0) is 24.6 Å². The fraction of sp³-hybridized carbons (Fsp3) is 0.211. The second kappa shape index (κ2) is 7.26. The maximum absolute atomic E-state index is 12.6. The number of carbonyl (C=O) groups excluding carboxylic acids is 2. The summed E-state index contributed by atoms with van der Waals surface area (Å²) in [5.41, 5.74) is 7.20. The van der Waals surface area contributed by atoms with E-state index in [1.807, 2.05) is 31.2 Å². The van der Waals surface area contributed by atoms with Crippen LogP contribution in [0.25, 0.3) is 11.0 Å². The van der Waals surface area contributed by atoms with Crippen LogP contribution in [0.1, 0.15) is 18.5 Å². The Morgan fingerprint density at radius 2 is 1.58 bits per heavy atom. The minimum Gasteiger partial charge on any atom is -0.368 e. The number of carbonyl (C=O) groups is 2. The van der Waals surface area contributed by atoms with E-state index in [1.165, 1.54) is 4.57 Å². The van der Waals surface area contributed by atoms with Crippen molar-refractivity contribution in [1.82, 2.24) is 14.5 Å². The lowest BCUT2D eigenvalue weighted by Gasteiger charge is -2.16. The van der Waals surface area contributed by atoms with Crippen LogP contribution in [0.15, 0.2) is 59.4 Å². The van der Waals surface area contributed by atoms with Gasteiger partial charge in [-0.1, -0.05) is 42.5 Å². The fourth-order valence-electron chi connectivity index (χ4n) is 3.05. The third-order valence-electron chi connectivity index (χ3n) is 4.27. The van der Waals surface area contributed by atoms with Gasteiger partial charge >= 0.3 is 5.69 Å². The number of amides is 2. The first-order valence-electron chi connectivity index (χ1n) is 8.34. The molecule has 0 aliphatic carbocycles. The van der Waals surface area contributed by atoms with Gasteiger partial charge in [0.15, 0.2) is 0 Å². The smallest absolute Gasteiger partial charge is 0.329 e. The highest BCUT2D eigenvalue weighted by molar-refractivity contribution is 5.88. The molecule has 1 heterocycles. The van der Waals surface area contributed by atoms with Crippen LogP contribution in [0.5, 0.6) is 0 Å². The molecule has 1 atom stereocenters. The molecule has 0 saturated carbocycles. The van der Waals surface area contributed by atoms with Gasteiger partial charge in [0.05, 0.1) is 11.0 Å². The maximum Gasteiger partial charge on any atom is 0.329 e. The first-order valence-corrected chi connectivity index (χ1v) is 8.34. The zero-order chi connectivity index (χ0) is 18.7. The summed E-state index contributed by atoms with van der Waals surface area (Å²) in [5.74, 6) is -1.12. The van der Waals surface area contributed by atoms with E-state index in [0.29, 0.717) is 17.6 Å². The molecule has 3 rings (SSSR count). The van der Waals surface area contributed by atoms with E-state index in [9.17, 15) is 14.4 Å². The number of primary amides is 1.